The van der Waals surface area contributed by atoms with Crippen LogP contribution in [-0.2, 0) is 9.59 Å². The monoisotopic (exact) mass is 405 g/mol. The van der Waals surface area contributed by atoms with Gasteiger partial charge >= 0.3 is 6.18 Å². The van der Waals surface area contributed by atoms with E-state index in [1.807, 2.05) is 0 Å². The first-order valence-electron chi connectivity index (χ1n) is 7.84. The van der Waals surface area contributed by atoms with Crippen LogP contribution in [0.2, 0.25) is 0 Å². The standard InChI is InChI=1S/C16H16F5N5O2/c1-23-9(5-10(22)16(19,20)21)7-6-26(2)15(28)12(7)14(27)24-8-3-4-11(17)25-13(8)18/h3-5,7,12H,6,22H2,1-2H3,(H,24,27)/b10-5-,23-9?/t7-,12?/m1/s1. The summed E-state index contributed by atoms with van der Waals surface area (Å²) < 4.78 is 64.7. The van der Waals surface area contributed by atoms with Crippen LogP contribution in [0.1, 0.15) is 0 Å². The zero-order chi connectivity index (χ0) is 21.2. The van der Waals surface area contributed by atoms with Gasteiger partial charge in [-0.25, -0.2) is 0 Å². The number of anilines is 1. The summed E-state index contributed by atoms with van der Waals surface area (Å²) in [6.45, 7) is -0.102. The number of rotatable bonds is 4. The lowest BCUT2D eigenvalue weighted by Crippen LogP contribution is -2.36. The third kappa shape index (κ3) is 4.43. The number of pyridine rings is 1. The minimum Gasteiger partial charge on any atom is -0.395 e. The van der Waals surface area contributed by atoms with Crippen molar-refractivity contribution in [2.45, 2.75) is 6.18 Å². The Morgan fingerprint density at radius 2 is 2.04 bits per heavy atom. The molecule has 152 valence electrons. The molecule has 2 heterocycles. The minimum atomic E-state index is -4.81. The number of carbonyl (C=O) groups is 2. The Kier molecular flexibility index (Phi) is 6.00. The highest BCUT2D eigenvalue weighted by molar-refractivity contribution is 6.13. The van der Waals surface area contributed by atoms with Gasteiger partial charge < -0.3 is 16.0 Å². The van der Waals surface area contributed by atoms with Gasteiger partial charge in [-0.05, 0) is 18.2 Å². The Morgan fingerprint density at radius 3 is 2.57 bits per heavy atom. The van der Waals surface area contributed by atoms with Gasteiger partial charge in [-0.2, -0.15) is 26.9 Å². The third-order valence-electron chi connectivity index (χ3n) is 4.14. The van der Waals surface area contributed by atoms with Crippen LogP contribution in [0.4, 0.5) is 27.6 Å². The van der Waals surface area contributed by atoms with Crippen LogP contribution < -0.4 is 11.1 Å². The first kappa shape index (κ1) is 21.3. The first-order valence-corrected chi connectivity index (χ1v) is 7.84. The molecule has 2 amide bonds. The van der Waals surface area contributed by atoms with Gasteiger partial charge in [0.05, 0.1) is 5.69 Å². The maximum atomic E-state index is 13.7. The van der Waals surface area contributed by atoms with Gasteiger partial charge in [0.25, 0.3) is 0 Å². The largest absolute Gasteiger partial charge is 0.430 e. The van der Waals surface area contributed by atoms with Crippen LogP contribution in [0, 0.1) is 23.7 Å². The number of carbonyl (C=O) groups excluding carboxylic acids is 2. The molecule has 1 aliphatic heterocycles. The maximum Gasteiger partial charge on any atom is 0.430 e. The highest BCUT2D eigenvalue weighted by Gasteiger charge is 2.46. The van der Waals surface area contributed by atoms with Crippen LogP contribution in [0.25, 0.3) is 0 Å². The lowest BCUT2D eigenvalue weighted by Gasteiger charge is -2.18. The molecule has 0 aliphatic carbocycles. The van der Waals surface area contributed by atoms with Crippen LogP contribution >= 0.6 is 0 Å². The third-order valence-corrected chi connectivity index (χ3v) is 4.14. The summed E-state index contributed by atoms with van der Waals surface area (Å²) in [6.07, 6.45) is -4.26. The smallest absolute Gasteiger partial charge is 0.395 e. The molecule has 3 N–H and O–H groups in total. The second-order valence-corrected chi connectivity index (χ2v) is 6.01. The van der Waals surface area contributed by atoms with E-state index >= 15 is 0 Å². The maximum absolute atomic E-state index is 13.7. The average molecular weight is 405 g/mol. The molecule has 0 radical (unpaired) electrons. The quantitative estimate of drug-likeness (QED) is 0.343. The van der Waals surface area contributed by atoms with E-state index in [-0.39, 0.29) is 12.3 Å². The predicted octanol–water partition coefficient (Wildman–Crippen LogP) is 1.48. The van der Waals surface area contributed by atoms with Crippen molar-refractivity contribution < 1.29 is 31.5 Å². The van der Waals surface area contributed by atoms with Gasteiger partial charge in [0.2, 0.25) is 23.7 Å². The molecule has 0 spiro atoms. The number of nitrogens with zero attached hydrogens (tertiary/aromatic N) is 3. The zero-order valence-electron chi connectivity index (χ0n) is 14.7. The molecule has 2 rings (SSSR count). The van der Waals surface area contributed by atoms with E-state index in [1.54, 1.807) is 0 Å². The number of hydrogen-bond acceptors (Lipinski definition) is 5. The molecule has 0 saturated carbocycles. The van der Waals surface area contributed by atoms with E-state index in [0.29, 0.717) is 6.08 Å². The molecule has 1 unspecified atom stereocenters. The van der Waals surface area contributed by atoms with Crippen molar-refractivity contribution in [3.05, 3.63) is 35.8 Å². The molecule has 1 aliphatic rings. The molecule has 0 bridgehead atoms. The number of aliphatic imine (C=N–C) groups is 1. The van der Waals surface area contributed by atoms with E-state index in [2.05, 4.69) is 15.3 Å². The number of amides is 2. The molecule has 28 heavy (non-hydrogen) atoms. The van der Waals surface area contributed by atoms with Crippen molar-refractivity contribution in [1.29, 1.82) is 0 Å². The molecule has 1 aromatic rings. The molecule has 1 aromatic heterocycles. The van der Waals surface area contributed by atoms with Gasteiger partial charge in [0.1, 0.15) is 11.6 Å². The number of allylic oxidation sites excluding steroid dienone is 2. The van der Waals surface area contributed by atoms with Gasteiger partial charge in [0.15, 0.2) is 0 Å². The van der Waals surface area contributed by atoms with Crippen molar-refractivity contribution in [1.82, 2.24) is 9.88 Å². The number of nitrogens with two attached hydrogens (primary N) is 1. The summed E-state index contributed by atoms with van der Waals surface area (Å²) in [5, 5.41) is 2.10. The second-order valence-electron chi connectivity index (χ2n) is 6.01. The number of likely N-dealkylation sites (tertiary alicyclic amines) is 1. The van der Waals surface area contributed by atoms with Crippen molar-refractivity contribution in [3.63, 3.8) is 0 Å². The van der Waals surface area contributed by atoms with E-state index in [1.165, 1.54) is 14.1 Å². The average Bonchev–Trinajstić information content (AvgIpc) is 2.89. The van der Waals surface area contributed by atoms with Gasteiger partial charge in [0, 0.05) is 32.3 Å². The topological polar surface area (TPSA) is 101 Å². The molecular formula is C16H16F5N5O2. The van der Waals surface area contributed by atoms with Crippen LogP contribution in [0.15, 0.2) is 28.9 Å². The van der Waals surface area contributed by atoms with E-state index in [0.717, 1.165) is 17.0 Å². The number of alkyl halides is 3. The number of nitrogens with one attached hydrogen (secondary N) is 1. The fourth-order valence-electron chi connectivity index (χ4n) is 2.75. The van der Waals surface area contributed by atoms with Crippen molar-refractivity contribution in [2.24, 2.45) is 22.6 Å². The summed E-state index contributed by atoms with van der Waals surface area (Å²) in [6, 6.07) is 1.70. The molecule has 1 saturated heterocycles. The summed E-state index contributed by atoms with van der Waals surface area (Å²) in [4.78, 5) is 32.7. The lowest BCUT2D eigenvalue weighted by atomic mass is 9.89. The molecule has 12 heteroatoms. The molecule has 7 nitrogen and oxygen atoms in total. The lowest BCUT2D eigenvalue weighted by molar-refractivity contribution is -0.135. The Morgan fingerprint density at radius 1 is 1.39 bits per heavy atom. The minimum absolute atomic E-state index is 0.102. The van der Waals surface area contributed by atoms with Crippen molar-refractivity contribution >= 4 is 23.2 Å². The fourth-order valence-corrected chi connectivity index (χ4v) is 2.75. The number of aromatic nitrogens is 1. The van der Waals surface area contributed by atoms with Gasteiger partial charge in [-0.3, -0.25) is 14.6 Å². The number of halogens is 5. The summed E-state index contributed by atoms with van der Waals surface area (Å²) in [5.41, 5.74) is 2.87. The van der Waals surface area contributed by atoms with Gasteiger partial charge in [-0.1, -0.05) is 0 Å². The Labute approximate surface area is 156 Å². The molecule has 0 aromatic carbocycles. The van der Waals surface area contributed by atoms with Crippen LogP contribution in [-0.4, -0.2) is 54.2 Å². The summed E-state index contributed by atoms with van der Waals surface area (Å²) in [7, 11) is 2.55. The van der Waals surface area contributed by atoms with Crippen LogP contribution in [0.5, 0.6) is 0 Å². The fraction of sp³-hybridized carbons (Fsp3) is 0.375. The predicted molar refractivity (Wildman–Crippen MR) is 89.1 cm³/mol. The Balaban J connectivity index is 2.34. The normalized spacial score (nSPS) is 21.2. The zero-order valence-corrected chi connectivity index (χ0v) is 14.7. The Bertz CT molecular complexity index is 852. The van der Waals surface area contributed by atoms with Crippen molar-refractivity contribution in [2.75, 3.05) is 26.0 Å². The Hall–Kier alpha value is -3.05. The second kappa shape index (κ2) is 7.90. The number of hydrogen-bond donors (Lipinski definition) is 2. The van der Waals surface area contributed by atoms with Gasteiger partial charge in [-0.15, -0.1) is 0 Å². The summed E-state index contributed by atoms with van der Waals surface area (Å²) >= 11 is 0. The van der Waals surface area contributed by atoms with Crippen LogP contribution in [0.3, 0.4) is 0 Å². The molecule has 1 fully saturated rings. The molecule has 2 atom stereocenters. The van der Waals surface area contributed by atoms with E-state index in [4.69, 9.17) is 5.73 Å². The van der Waals surface area contributed by atoms with Crippen molar-refractivity contribution in [3.8, 4) is 0 Å². The SMILES string of the molecule is CN=C(/C=C(\N)C(F)(F)F)[C@H]1CN(C)C(=O)C1C(=O)Nc1ccc(F)nc1F. The summed E-state index contributed by atoms with van der Waals surface area (Å²) in [5.74, 6) is -6.65. The molecular weight excluding hydrogens is 389 g/mol. The van der Waals surface area contributed by atoms with E-state index in [9.17, 15) is 31.5 Å². The highest BCUT2D eigenvalue weighted by Crippen LogP contribution is 2.29. The highest BCUT2D eigenvalue weighted by atomic mass is 19.4. The van der Waals surface area contributed by atoms with E-state index < -0.39 is 53.1 Å². The first-order chi connectivity index (χ1) is 13.0.